The first-order valence-electron chi connectivity index (χ1n) is 12.8. The lowest BCUT2D eigenvalue weighted by Crippen LogP contribution is -2.54. The predicted molar refractivity (Wildman–Crippen MR) is 165 cm³/mol. The van der Waals surface area contributed by atoms with Crippen LogP contribution in [0.15, 0.2) is 90.5 Å². The minimum atomic E-state index is -0.924. The molecule has 0 aliphatic carbocycles. The highest BCUT2D eigenvalue weighted by molar-refractivity contribution is 6.39. The Balaban J connectivity index is 1.35. The molecule has 0 saturated carbocycles. The summed E-state index contributed by atoms with van der Waals surface area (Å²) >= 11 is 18.3. The van der Waals surface area contributed by atoms with Crippen LogP contribution in [0.2, 0.25) is 15.1 Å². The quantitative estimate of drug-likeness (QED) is 0.0865. The average Bonchev–Trinajstić information content (AvgIpc) is 2.99. The number of amides is 4. The van der Waals surface area contributed by atoms with Crippen molar-refractivity contribution in [2.75, 3.05) is 4.90 Å². The zero-order chi connectivity index (χ0) is 31.4. The van der Waals surface area contributed by atoms with E-state index in [1.807, 2.05) is 0 Å². The highest BCUT2D eigenvalue weighted by atomic mass is 35.5. The number of nitrogens with zero attached hydrogens (tertiary/aromatic N) is 2. The summed E-state index contributed by atoms with van der Waals surface area (Å²) in [5, 5.41) is 14.5. The third-order valence-corrected chi connectivity index (χ3v) is 7.22. The van der Waals surface area contributed by atoms with Gasteiger partial charge in [-0.05, 0) is 66.2 Å². The number of nitrogens with one attached hydrogen (secondary N) is 1. The highest BCUT2D eigenvalue weighted by Gasteiger charge is 2.37. The molecule has 222 valence electrons. The van der Waals surface area contributed by atoms with E-state index in [0.717, 1.165) is 4.90 Å². The summed E-state index contributed by atoms with van der Waals surface area (Å²) in [7, 11) is 0. The molecule has 4 aromatic carbocycles. The van der Waals surface area contributed by atoms with Crippen LogP contribution in [0.3, 0.4) is 0 Å². The van der Waals surface area contributed by atoms with Gasteiger partial charge in [0.1, 0.15) is 30.3 Å². The van der Waals surface area contributed by atoms with Crippen molar-refractivity contribution in [3.8, 4) is 11.5 Å². The van der Waals surface area contributed by atoms with Gasteiger partial charge in [0.2, 0.25) is 0 Å². The van der Waals surface area contributed by atoms with Gasteiger partial charge in [-0.3, -0.25) is 25.0 Å². The summed E-state index contributed by atoms with van der Waals surface area (Å²) in [6, 6.07) is 20.7. The number of hydrogen-bond donors (Lipinski definition) is 1. The van der Waals surface area contributed by atoms with Crippen molar-refractivity contribution in [3.05, 3.63) is 132 Å². The van der Waals surface area contributed by atoms with Crippen LogP contribution in [0.1, 0.15) is 16.7 Å². The fourth-order valence-electron chi connectivity index (χ4n) is 4.22. The Morgan fingerprint density at radius 3 is 2.30 bits per heavy atom. The van der Waals surface area contributed by atoms with E-state index in [-0.39, 0.29) is 41.5 Å². The lowest BCUT2D eigenvalue weighted by molar-refractivity contribution is -0.384. The Hall–Kier alpha value is -4.90. The third kappa shape index (κ3) is 7.00. The average molecular weight is 653 g/mol. The first-order valence-corrected chi connectivity index (χ1v) is 14.0. The molecule has 1 heterocycles. The fraction of sp³-hybridized carbons (Fsp3) is 0.0645. The Bertz CT molecular complexity index is 1830. The Morgan fingerprint density at radius 1 is 0.841 bits per heavy atom. The van der Waals surface area contributed by atoms with Crippen molar-refractivity contribution in [1.29, 1.82) is 0 Å². The maximum absolute atomic E-state index is 13.5. The molecule has 4 amide bonds. The second kappa shape index (κ2) is 13.2. The van der Waals surface area contributed by atoms with Crippen molar-refractivity contribution in [3.63, 3.8) is 0 Å². The number of benzene rings is 4. The standard InChI is InChI=1S/C31H20Cl3N3O7/c32-21-6-11-28(44-16-18-2-1-3-24(12-18)37(41)42)20(13-21)14-26-29(38)35-31(40)36(30(26)39)23-7-9-25(10-8-23)43-17-19-4-5-22(33)15-27(19)34/h1-15H,16-17H2,(H,35,38,40)/b26-14+. The molecule has 4 aromatic rings. The minimum Gasteiger partial charge on any atom is -0.489 e. The fourth-order valence-corrected chi connectivity index (χ4v) is 4.87. The molecule has 0 spiro atoms. The largest absolute Gasteiger partial charge is 0.489 e. The van der Waals surface area contributed by atoms with Crippen LogP contribution in [-0.4, -0.2) is 22.8 Å². The molecule has 1 saturated heterocycles. The summed E-state index contributed by atoms with van der Waals surface area (Å²) in [4.78, 5) is 50.4. The van der Waals surface area contributed by atoms with Crippen LogP contribution >= 0.6 is 34.8 Å². The van der Waals surface area contributed by atoms with Gasteiger partial charge in [0, 0.05) is 38.3 Å². The zero-order valence-corrected chi connectivity index (χ0v) is 24.7. The van der Waals surface area contributed by atoms with Crippen LogP contribution in [0.4, 0.5) is 16.2 Å². The molecular formula is C31H20Cl3N3O7. The lowest BCUT2D eigenvalue weighted by atomic mass is 10.1. The molecule has 1 aliphatic rings. The van der Waals surface area contributed by atoms with Gasteiger partial charge < -0.3 is 9.47 Å². The van der Waals surface area contributed by atoms with E-state index in [0.29, 0.717) is 31.9 Å². The van der Waals surface area contributed by atoms with E-state index in [4.69, 9.17) is 44.3 Å². The molecule has 1 fully saturated rings. The molecule has 1 N–H and O–H groups in total. The van der Waals surface area contributed by atoms with Crippen molar-refractivity contribution >= 4 is 70.1 Å². The number of hydrogen-bond acceptors (Lipinski definition) is 7. The van der Waals surface area contributed by atoms with Crippen LogP contribution in [-0.2, 0) is 22.8 Å². The number of ether oxygens (including phenoxy) is 2. The monoisotopic (exact) mass is 651 g/mol. The number of non-ortho nitro benzene ring substituents is 1. The number of carbonyl (C=O) groups excluding carboxylic acids is 3. The number of carbonyl (C=O) groups is 3. The summed E-state index contributed by atoms with van der Waals surface area (Å²) in [5.74, 6) is -1.08. The van der Waals surface area contributed by atoms with Crippen molar-refractivity contribution < 1.29 is 28.8 Å². The van der Waals surface area contributed by atoms with Crippen molar-refractivity contribution in [2.24, 2.45) is 0 Å². The molecule has 13 heteroatoms. The van der Waals surface area contributed by atoms with Crippen molar-refractivity contribution in [1.82, 2.24) is 5.32 Å². The number of anilines is 1. The maximum Gasteiger partial charge on any atom is 0.335 e. The number of imide groups is 2. The van der Waals surface area contributed by atoms with E-state index in [9.17, 15) is 24.5 Å². The minimum absolute atomic E-state index is 0.0388. The van der Waals surface area contributed by atoms with Crippen LogP contribution in [0.5, 0.6) is 11.5 Å². The Kier molecular flexibility index (Phi) is 9.15. The predicted octanol–water partition coefficient (Wildman–Crippen LogP) is 7.38. The summed E-state index contributed by atoms with van der Waals surface area (Å²) in [6.45, 7) is 0.119. The number of nitro groups is 1. The second-order valence-electron chi connectivity index (χ2n) is 9.37. The van der Waals surface area contributed by atoms with Gasteiger partial charge in [0.05, 0.1) is 10.6 Å². The third-order valence-electron chi connectivity index (χ3n) is 6.39. The topological polar surface area (TPSA) is 128 Å². The first kappa shape index (κ1) is 30.6. The van der Waals surface area contributed by atoms with Gasteiger partial charge in [0.25, 0.3) is 17.5 Å². The smallest absolute Gasteiger partial charge is 0.335 e. The van der Waals surface area contributed by atoms with Crippen molar-refractivity contribution in [2.45, 2.75) is 13.2 Å². The van der Waals surface area contributed by atoms with Gasteiger partial charge in [-0.2, -0.15) is 0 Å². The van der Waals surface area contributed by atoms with Gasteiger partial charge in [-0.1, -0.05) is 53.0 Å². The number of nitro benzene ring substituents is 1. The van der Waals surface area contributed by atoms with Gasteiger partial charge in [-0.25, -0.2) is 9.69 Å². The normalized spacial score (nSPS) is 14.0. The Morgan fingerprint density at radius 2 is 1.57 bits per heavy atom. The Labute approximate surface area is 265 Å². The zero-order valence-electron chi connectivity index (χ0n) is 22.5. The second-order valence-corrected chi connectivity index (χ2v) is 10.7. The lowest BCUT2D eigenvalue weighted by Gasteiger charge is -2.26. The SMILES string of the molecule is O=C1NC(=O)N(c2ccc(OCc3ccc(Cl)cc3Cl)cc2)C(=O)/C1=C/c1cc(Cl)ccc1OCc1cccc([N+](=O)[O-])c1. The number of barbiturate groups is 1. The molecule has 10 nitrogen and oxygen atoms in total. The van der Waals surface area contributed by atoms with E-state index in [2.05, 4.69) is 5.32 Å². The summed E-state index contributed by atoms with van der Waals surface area (Å²) in [6.07, 6.45) is 1.26. The molecule has 44 heavy (non-hydrogen) atoms. The van der Waals surface area contributed by atoms with Gasteiger partial charge in [-0.15, -0.1) is 0 Å². The number of halogens is 3. The number of rotatable bonds is 9. The van der Waals surface area contributed by atoms with Gasteiger partial charge in [0.15, 0.2) is 0 Å². The molecule has 0 aromatic heterocycles. The van der Waals surface area contributed by atoms with Gasteiger partial charge >= 0.3 is 6.03 Å². The molecule has 5 rings (SSSR count). The molecule has 1 aliphatic heterocycles. The number of urea groups is 1. The maximum atomic E-state index is 13.5. The molecular weight excluding hydrogens is 633 g/mol. The van der Waals surface area contributed by atoms with E-state index in [1.54, 1.807) is 42.5 Å². The van der Waals surface area contributed by atoms with Crippen LogP contribution < -0.4 is 19.7 Å². The first-order chi connectivity index (χ1) is 21.1. The molecule has 0 radical (unpaired) electrons. The van der Waals surface area contributed by atoms with Crippen LogP contribution in [0, 0.1) is 10.1 Å². The van der Waals surface area contributed by atoms with Crippen LogP contribution in [0.25, 0.3) is 6.08 Å². The van der Waals surface area contributed by atoms with E-state index in [1.165, 1.54) is 48.5 Å². The molecule has 0 bridgehead atoms. The van der Waals surface area contributed by atoms with E-state index >= 15 is 0 Å². The summed E-state index contributed by atoms with van der Waals surface area (Å²) in [5.41, 5.74) is 1.28. The van der Waals surface area contributed by atoms with E-state index < -0.39 is 22.8 Å². The molecule has 0 unspecified atom stereocenters. The molecule has 0 atom stereocenters. The summed E-state index contributed by atoms with van der Waals surface area (Å²) < 4.78 is 11.6. The highest BCUT2D eigenvalue weighted by Crippen LogP contribution is 2.30.